The summed E-state index contributed by atoms with van der Waals surface area (Å²) in [6.07, 6.45) is 8.72. The van der Waals surface area contributed by atoms with E-state index in [9.17, 15) is 0 Å². The number of rotatable bonds is 6. The van der Waals surface area contributed by atoms with Gasteiger partial charge in [0.1, 0.15) is 3.70 Å². The maximum Gasteiger partial charge on any atom is 0.123 e. The topological polar surface area (TPSA) is 17.8 Å². The first-order chi connectivity index (χ1) is 6.33. The Morgan fingerprint density at radius 1 is 1.31 bits per heavy atom. The molecule has 0 N–H and O–H groups in total. The minimum atomic E-state index is 1.08. The molecule has 0 aliphatic carbocycles. The molecule has 74 valence electrons. The molecular weight excluding hydrogens is 275 g/mol. The van der Waals surface area contributed by atoms with E-state index in [0.29, 0.717) is 0 Å². The van der Waals surface area contributed by atoms with E-state index in [1.165, 1.54) is 32.1 Å². The van der Waals surface area contributed by atoms with Crippen LogP contribution in [0.4, 0.5) is 0 Å². The van der Waals surface area contributed by atoms with Crippen LogP contribution < -0.4 is 0 Å². The van der Waals surface area contributed by atoms with Crippen LogP contribution in [0.1, 0.15) is 39.0 Å². The van der Waals surface area contributed by atoms with Gasteiger partial charge in [-0.15, -0.1) is 0 Å². The zero-order valence-corrected chi connectivity index (χ0v) is 10.3. The molecule has 0 unspecified atom stereocenters. The van der Waals surface area contributed by atoms with Crippen molar-refractivity contribution in [3.05, 3.63) is 16.0 Å². The van der Waals surface area contributed by atoms with Crippen molar-refractivity contribution >= 4 is 22.6 Å². The van der Waals surface area contributed by atoms with Crippen molar-refractivity contribution in [2.24, 2.45) is 0 Å². The van der Waals surface area contributed by atoms with Crippen molar-refractivity contribution in [2.75, 3.05) is 0 Å². The summed E-state index contributed by atoms with van der Waals surface area (Å²) < 4.78 is 3.12. The smallest absolute Gasteiger partial charge is 0.123 e. The van der Waals surface area contributed by atoms with E-state index in [-0.39, 0.29) is 0 Å². The molecule has 1 rings (SSSR count). The molecule has 13 heavy (non-hydrogen) atoms. The predicted molar refractivity (Wildman–Crippen MR) is 63.7 cm³/mol. The van der Waals surface area contributed by atoms with Crippen molar-refractivity contribution in [3.63, 3.8) is 0 Å². The minimum absolute atomic E-state index is 1.08. The molecule has 0 bridgehead atoms. The van der Waals surface area contributed by atoms with Crippen LogP contribution in [0.2, 0.25) is 0 Å². The Balaban J connectivity index is 2.06. The predicted octanol–water partition coefficient (Wildman–Crippen LogP) is 3.46. The van der Waals surface area contributed by atoms with Crippen molar-refractivity contribution in [2.45, 2.75) is 45.6 Å². The highest BCUT2D eigenvalue weighted by Gasteiger charge is 1.94. The maximum absolute atomic E-state index is 4.33. The first-order valence-corrected chi connectivity index (χ1v) is 6.09. The fourth-order valence-electron chi connectivity index (χ4n) is 1.34. The summed E-state index contributed by atoms with van der Waals surface area (Å²) in [5.41, 5.74) is 0. The van der Waals surface area contributed by atoms with Gasteiger partial charge in [-0.05, 0) is 35.1 Å². The van der Waals surface area contributed by atoms with Crippen LogP contribution in [-0.4, -0.2) is 9.78 Å². The molecule has 0 saturated heterocycles. The third-order valence-corrected chi connectivity index (χ3v) is 2.67. The summed E-state index contributed by atoms with van der Waals surface area (Å²) >= 11 is 2.24. The average Bonchev–Trinajstić information content (AvgIpc) is 2.51. The first-order valence-electron chi connectivity index (χ1n) is 5.02. The summed E-state index contributed by atoms with van der Waals surface area (Å²) in [5.74, 6) is 0. The van der Waals surface area contributed by atoms with Crippen molar-refractivity contribution < 1.29 is 0 Å². The van der Waals surface area contributed by atoms with Gasteiger partial charge in [-0.25, -0.2) is 0 Å². The van der Waals surface area contributed by atoms with Crippen LogP contribution in [0.5, 0.6) is 0 Å². The standard InChI is InChI=1S/C10H17IN2/c1-2-3-4-5-6-8-13-9-7-10(11)12-13/h7,9H,2-6,8H2,1H3. The fourth-order valence-corrected chi connectivity index (χ4v) is 1.78. The molecular formula is C10H17IN2. The molecule has 0 radical (unpaired) electrons. The van der Waals surface area contributed by atoms with E-state index in [2.05, 4.69) is 40.8 Å². The number of aryl methyl sites for hydroxylation is 1. The van der Waals surface area contributed by atoms with E-state index in [1.54, 1.807) is 0 Å². The highest BCUT2D eigenvalue weighted by atomic mass is 127. The van der Waals surface area contributed by atoms with Gasteiger partial charge < -0.3 is 0 Å². The second-order valence-electron chi connectivity index (χ2n) is 3.32. The monoisotopic (exact) mass is 292 g/mol. The molecule has 1 aromatic heterocycles. The van der Waals surface area contributed by atoms with Crippen molar-refractivity contribution in [3.8, 4) is 0 Å². The third-order valence-electron chi connectivity index (χ3n) is 2.10. The third kappa shape index (κ3) is 4.64. The van der Waals surface area contributed by atoms with E-state index >= 15 is 0 Å². The Kier molecular flexibility index (Phi) is 5.43. The number of aromatic nitrogens is 2. The highest BCUT2D eigenvalue weighted by Crippen LogP contribution is 2.05. The normalized spacial score (nSPS) is 10.6. The Bertz CT molecular complexity index is 233. The minimum Gasteiger partial charge on any atom is -0.272 e. The van der Waals surface area contributed by atoms with Gasteiger partial charge in [0.25, 0.3) is 0 Å². The zero-order chi connectivity index (χ0) is 9.52. The number of halogens is 1. The van der Waals surface area contributed by atoms with Crippen LogP contribution in [0.15, 0.2) is 12.3 Å². The van der Waals surface area contributed by atoms with Gasteiger partial charge in [-0.1, -0.05) is 32.6 Å². The van der Waals surface area contributed by atoms with Gasteiger partial charge in [0.05, 0.1) is 0 Å². The number of nitrogens with zero attached hydrogens (tertiary/aromatic N) is 2. The van der Waals surface area contributed by atoms with Gasteiger partial charge in [0.2, 0.25) is 0 Å². The zero-order valence-electron chi connectivity index (χ0n) is 8.17. The number of hydrogen-bond donors (Lipinski definition) is 0. The highest BCUT2D eigenvalue weighted by molar-refractivity contribution is 14.1. The molecule has 0 amide bonds. The lowest BCUT2D eigenvalue weighted by Crippen LogP contribution is -1.98. The van der Waals surface area contributed by atoms with Crippen molar-refractivity contribution in [1.82, 2.24) is 9.78 Å². The molecule has 0 saturated carbocycles. The Hall–Kier alpha value is -0.0600. The molecule has 0 fully saturated rings. The SMILES string of the molecule is CCCCCCCn1ccc(I)n1. The summed E-state index contributed by atoms with van der Waals surface area (Å²) in [4.78, 5) is 0. The fraction of sp³-hybridized carbons (Fsp3) is 0.700. The van der Waals surface area contributed by atoms with Crippen LogP contribution in [0.3, 0.4) is 0 Å². The largest absolute Gasteiger partial charge is 0.272 e. The second kappa shape index (κ2) is 6.40. The van der Waals surface area contributed by atoms with E-state index in [4.69, 9.17) is 0 Å². The molecule has 0 aliphatic rings. The van der Waals surface area contributed by atoms with Crippen LogP contribution >= 0.6 is 22.6 Å². The Labute approximate surface area is 93.9 Å². The molecule has 0 atom stereocenters. The van der Waals surface area contributed by atoms with Crippen LogP contribution in [-0.2, 0) is 6.54 Å². The number of unbranched alkanes of at least 4 members (excludes halogenated alkanes) is 4. The first kappa shape index (κ1) is 11.0. The molecule has 2 nitrogen and oxygen atoms in total. The maximum atomic E-state index is 4.33. The van der Waals surface area contributed by atoms with Crippen LogP contribution in [0.25, 0.3) is 0 Å². The lowest BCUT2D eigenvalue weighted by molar-refractivity contribution is 0.531. The molecule has 0 spiro atoms. The number of hydrogen-bond acceptors (Lipinski definition) is 1. The van der Waals surface area contributed by atoms with Crippen LogP contribution in [0, 0.1) is 3.70 Å². The summed E-state index contributed by atoms with van der Waals surface area (Å²) in [6, 6.07) is 2.05. The van der Waals surface area contributed by atoms with Gasteiger partial charge in [-0.3, -0.25) is 4.68 Å². The van der Waals surface area contributed by atoms with Gasteiger partial charge in [0.15, 0.2) is 0 Å². The van der Waals surface area contributed by atoms with Gasteiger partial charge in [0, 0.05) is 12.7 Å². The van der Waals surface area contributed by atoms with E-state index in [0.717, 1.165) is 10.2 Å². The molecule has 3 heteroatoms. The summed E-state index contributed by atoms with van der Waals surface area (Å²) in [6.45, 7) is 3.32. The lowest BCUT2D eigenvalue weighted by atomic mass is 10.1. The Morgan fingerprint density at radius 2 is 2.08 bits per heavy atom. The quantitative estimate of drug-likeness (QED) is 0.580. The summed E-state index contributed by atoms with van der Waals surface area (Å²) in [5, 5.41) is 4.33. The Morgan fingerprint density at radius 3 is 2.69 bits per heavy atom. The molecule has 0 aromatic carbocycles. The van der Waals surface area contributed by atoms with Gasteiger partial charge in [-0.2, -0.15) is 5.10 Å². The van der Waals surface area contributed by atoms with Gasteiger partial charge >= 0.3 is 0 Å². The lowest BCUT2D eigenvalue weighted by Gasteiger charge is -2.00. The molecule has 0 aliphatic heterocycles. The molecule has 1 aromatic rings. The molecule has 1 heterocycles. The average molecular weight is 292 g/mol. The second-order valence-corrected chi connectivity index (χ2v) is 4.42. The van der Waals surface area contributed by atoms with Crippen molar-refractivity contribution in [1.29, 1.82) is 0 Å². The van der Waals surface area contributed by atoms with E-state index < -0.39 is 0 Å². The summed E-state index contributed by atoms with van der Waals surface area (Å²) in [7, 11) is 0. The van der Waals surface area contributed by atoms with E-state index in [1.807, 2.05) is 10.7 Å².